The average molecular weight is 236 g/mol. The Balaban J connectivity index is 2.56. The van der Waals surface area contributed by atoms with E-state index in [0.717, 1.165) is 6.08 Å². The molecule has 0 fully saturated rings. The predicted octanol–water partition coefficient (Wildman–Crippen LogP) is 0.304. The highest BCUT2D eigenvalue weighted by Crippen LogP contribution is 2.09. The summed E-state index contributed by atoms with van der Waals surface area (Å²) in [6.45, 7) is -0.0809. The van der Waals surface area contributed by atoms with Crippen molar-refractivity contribution in [1.82, 2.24) is 10.3 Å². The zero-order valence-electron chi connectivity index (χ0n) is 9.21. The van der Waals surface area contributed by atoms with Gasteiger partial charge in [0.1, 0.15) is 5.75 Å². The molecule has 1 amide bonds. The van der Waals surface area contributed by atoms with Gasteiger partial charge in [0.25, 0.3) is 5.91 Å². The Morgan fingerprint density at radius 1 is 1.53 bits per heavy atom. The van der Waals surface area contributed by atoms with E-state index in [1.165, 1.54) is 19.3 Å². The van der Waals surface area contributed by atoms with E-state index in [0.29, 0.717) is 11.4 Å². The summed E-state index contributed by atoms with van der Waals surface area (Å²) in [6.07, 6.45) is 3.78. The standard InChI is InChI=1S/C11H12N2O4/c1-12-10(14)7-17-9-4-2-8(13-6-9)3-5-11(15)16/h2-6H,7H2,1H3,(H,12,14)(H,15,16). The fourth-order valence-corrected chi connectivity index (χ4v) is 0.953. The van der Waals surface area contributed by atoms with Crippen molar-refractivity contribution in [2.45, 2.75) is 0 Å². The molecule has 0 atom stereocenters. The van der Waals surface area contributed by atoms with E-state index in [-0.39, 0.29) is 12.5 Å². The SMILES string of the molecule is CNC(=O)COc1ccc(C=CC(=O)O)nc1. The van der Waals surface area contributed by atoms with Crippen LogP contribution < -0.4 is 10.1 Å². The third-order valence-electron chi connectivity index (χ3n) is 1.80. The highest BCUT2D eigenvalue weighted by atomic mass is 16.5. The molecular formula is C11H12N2O4. The minimum atomic E-state index is -1.04. The zero-order chi connectivity index (χ0) is 12.7. The maximum absolute atomic E-state index is 10.9. The van der Waals surface area contributed by atoms with Crippen molar-refractivity contribution in [3.63, 3.8) is 0 Å². The zero-order valence-corrected chi connectivity index (χ0v) is 9.21. The summed E-state index contributed by atoms with van der Waals surface area (Å²) in [5.41, 5.74) is 0.500. The molecule has 6 heteroatoms. The molecule has 0 saturated heterocycles. The maximum Gasteiger partial charge on any atom is 0.328 e. The molecule has 0 aliphatic rings. The van der Waals surface area contributed by atoms with Crippen LogP contribution in [-0.2, 0) is 9.59 Å². The Morgan fingerprint density at radius 2 is 2.29 bits per heavy atom. The number of aromatic nitrogens is 1. The Bertz CT molecular complexity index is 426. The number of pyridine rings is 1. The van der Waals surface area contributed by atoms with Gasteiger partial charge in [0.05, 0.1) is 11.9 Å². The quantitative estimate of drug-likeness (QED) is 0.718. The number of aliphatic carboxylic acids is 1. The first-order valence-corrected chi connectivity index (χ1v) is 4.82. The second-order valence-electron chi connectivity index (χ2n) is 3.05. The third kappa shape index (κ3) is 4.78. The van der Waals surface area contributed by atoms with Crippen LogP contribution in [-0.4, -0.2) is 35.6 Å². The number of hydrogen-bond acceptors (Lipinski definition) is 4. The molecule has 1 aromatic heterocycles. The molecule has 0 unspecified atom stereocenters. The van der Waals surface area contributed by atoms with Crippen molar-refractivity contribution < 1.29 is 19.4 Å². The van der Waals surface area contributed by atoms with Crippen LogP contribution in [0.5, 0.6) is 5.75 Å². The molecule has 1 rings (SSSR count). The first kappa shape index (κ1) is 12.7. The van der Waals surface area contributed by atoms with Gasteiger partial charge in [-0.3, -0.25) is 9.78 Å². The molecule has 0 aromatic carbocycles. The van der Waals surface area contributed by atoms with Crippen molar-refractivity contribution in [2.24, 2.45) is 0 Å². The number of ether oxygens (including phenoxy) is 1. The average Bonchev–Trinajstić information content (AvgIpc) is 2.34. The molecule has 0 bridgehead atoms. The van der Waals surface area contributed by atoms with E-state index >= 15 is 0 Å². The third-order valence-corrected chi connectivity index (χ3v) is 1.80. The molecule has 0 radical (unpaired) electrons. The van der Waals surface area contributed by atoms with Crippen molar-refractivity contribution in [1.29, 1.82) is 0 Å². The maximum atomic E-state index is 10.9. The molecule has 17 heavy (non-hydrogen) atoms. The lowest BCUT2D eigenvalue weighted by Gasteiger charge is -2.04. The summed E-state index contributed by atoms with van der Waals surface area (Å²) in [4.78, 5) is 25.1. The Hall–Kier alpha value is -2.37. The van der Waals surface area contributed by atoms with Crippen LogP contribution in [0.1, 0.15) is 5.69 Å². The van der Waals surface area contributed by atoms with Gasteiger partial charge >= 0.3 is 5.97 Å². The molecule has 1 heterocycles. The molecule has 0 saturated carbocycles. The molecule has 0 aliphatic heterocycles. The van der Waals surface area contributed by atoms with Gasteiger partial charge in [-0.25, -0.2) is 4.79 Å². The van der Waals surface area contributed by atoms with Gasteiger partial charge in [0, 0.05) is 13.1 Å². The highest BCUT2D eigenvalue weighted by Gasteiger charge is 2.00. The summed E-state index contributed by atoms with van der Waals surface area (Å²) >= 11 is 0. The lowest BCUT2D eigenvalue weighted by atomic mass is 10.3. The van der Waals surface area contributed by atoms with Gasteiger partial charge in [-0.2, -0.15) is 0 Å². The second-order valence-corrected chi connectivity index (χ2v) is 3.05. The lowest BCUT2D eigenvalue weighted by Crippen LogP contribution is -2.24. The van der Waals surface area contributed by atoms with Crippen LogP contribution in [0.2, 0.25) is 0 Å². The van der Waals surface area contributed by atoms with Gasteiger partial charge in [-0.05, 0) is 18.2 Å². The molecule has 0 spiro atoms. The van der Waals surface area contributed by atoms with Gasteiger partial charge in [-0.1, -0.05) is 0 Å². The number of likely N-dealkylation sites (N-methyl/N-ethyl adjacent to an activating group) is 1. The highest BCUT2D eigenvalue weighted by molar-refractivity contribution is 5.84. The number of carbonyl (C=O) groups excluding carboxylic acids is 1. The van der Waals surface area contributed by atoms with E-state index in [1.807, 2.05) is 0 Å². The van der Waals surface area contributed by atoms with E-state index in [2.05, 4.69) is 10.3 Å². The number of carbonyl (C=O) groups is 2. The first-order valence-electron chi connectivity index (χ1n) is 4.82. The molecule has 6 nitrogen and oxygen atoms in total. The summed E-state index contributed by atoms with van der Waals surface area (Å²) in [6, 6.07) is 3.20. The summed E-state index contributed by atoms with van der Waals surface area (Å²) in [7, 11) is 1.52. The summed E-state index contributed by atoms with van der Waals surface area (Å²) < 4.78 is 5.12. The van der Waals surface area contributed by atoms with Gasteiger partial charge < -0.3 is 15.2 Å². The van der Waals surface area contributed by atoms with Gasteiger partial charge in [0.2, 0.25) is 0 Å². The summed E-state index contributed by atoms with van der Waals surface area (Å²) in [5, 5.41) is 10.8. The normalized spacial score (nSPS) is 10.2. The fourth-order valence-electron chi connectivity index (χ4n) is 0.953. The van der Waals surface area contributed by atoms with E-state index in [9.17, 15) is 9.59 Å². The van der Waals surface area contributed by atoms with Crippen molar-refractivity contribution in [3.8, 4) is 5.75 Å². The monoisotopic (exact) mass is 236 g/mol. The van der Waals surface area contributed by atoms with Crippen LogP contribution >= 0.6 is 0 Å². The number of rotatable bonds is 5. The number of carboxylic acid groups (broad SMARTS) is 1. The van der Waals surface area contributed by atoms with Crippen LogP contribution in [0.15, 0.2) is 24.4 Å². The summed E-state index contributed by atoms with van der Waals surface area (Å²) in [5.74, 6) is -0.826. The Kier molecular flexibility index (Phi) is 4.68. The van der Waals surface area contributed by atoms with E-state index in [1.54, 1.807) is 12.1 Å². The largest absolute Gasteiger partial charge is 0.482 e. The Morgan fingerprint density at radius 3 is 2.82 bits per heavy atom. The van der Waals surface area contributed by atoms with Crippen molar-refractivity contribution in [3.05, 3.63) is 30.1 Å². The van der Waals surface area contributed by atoms with Gasteiger partial charge in [-0.15, -0.1) is 0 Å². The van der Waals surface area contributed by atoms with Crippen LogP contribution in [0, 0.1) is 0 Å². The number of hydrogen-bond donors (Lipinski definition) is 2. The van der Waals surface area contributed by atoms with Crippen LogP contribution in [0.3, 0.4) is 0 Å². The second kappa shape index (κ2) is 6.26. The van der Waals surface area contributed by atoms with Crippen LogP contribution in [0.4, 0.5) is 0 Å². The number of nitrogens with one attached hydrogen (secondary N) is 1. The molecular weight excluding hydrogens is 224 g/mol. The number of nitrogens with zero attached hydrogens (tertiary/aromatic N) is 1. The van der Waals surface area contributed by atoms with Gasteiger partial charge in [0.15, 0.2) is 6.61 Å². The van der Waals surface area contributed by atoms with E-state index in [4.69, 9.17) is 9.84 Å². The number of carboxylic acids is 1. The van der Waals surface area contributed by atoms with Crippen molar-refractivity contribution in [2.75, 3.05) is 13.7 Å². The van der Waals surface area contributed by atoms with Crippen molar-refractivity contribution >= 4 is 18.0 Å². The van der Waals surface area contributed by atoms with E-state index < -0.39 is 5.97 Å². The molecule has 90 valence electrons. The molecule has 2 N–H and O–H groups in total. The lowest BCUT2D eigenvalue weighted by molar-refractivity contribution is -0.131. The molecule has 0 aliphatic carbocycles. The minimum Gasteiger partial charge on any atom is -0.482 e. The minimum absolute atomic E-state index is 0.0809. The number of amides is 1. The predicted molar refractivity (Wildman–Crippen MR) is 60.5 cm³/mol. The topological polar surface area (TPSA) is 88.5 Å². The smallest absolute Gasteiger partial charge is 0.328 e. The molecule has 1 aromatic rings. The van der Waals surface area contributed by atoms with Crippen LogP contribution in [0.25, 0.3) is 6.08 Å². The fraction of sp³-hybridized carbons (Fsp3) is 0.182. The Labute approximate surface area is 97.9 Å². The first-order chi connectivity index (χ1) is 8.11.